The molecular formula is C13H14N4O4. The first-order valence-corrected chi connectivity index (χ1v) is 6.26. The van der Waals surface area contributed by atoms with Crippen LogP contribution >= 0.6 is 0 Å². The van der Waals surface area contributed by atoms with Crippen LogP contribution in [0, 0.1) is 10.1 Å². The first-order chi connectivity index (χ1) is 10.2. The molecule has 110 valence electrons. The molecule has 0 unspecified atom stereocenters. The van der Waals surface area contributed by atoms with E-state index in [0.717, 1.165) is 0 Å². The normalized spacial score (nSPS) is 10.2. The minimum atomic E-state index is -0.588. The van der Waals surface area contributed by atoms with Gasteiger partial charge in [0.15, 0.2) is 0 Å². The van der Waals surface area contributed by atoms with Crippen LogP contribution in [-0.2, 0) is 6.61 Å². The molecular weight excluding hydrogens is 276 g/mol. The number of nitrogens with one attached hydrogen (secondary N) is 1. The highest BCUT2D eigenvalue weighted by Gasteiger charge is 2.24. The molecule has 0 saturated carbocycles. The molecule has 0 fully saturated rings. The van der Waals surface area contributed by atoms with Gasteiger partial charge < -0.3 is 15.2 Å². The van der Waals surface area contributed by atoms with Crippen LogP contribution in [0.5, 0.6) is 11.6 Å². The number of aromatic nitrogens is 2. The number of hydrogen-bond acceptors (Lipinski definition) is 7. The second-order valence-corrected chi connectivity index (χ2v) is 4.07. The highest BCUT2D eigenvalue weighted by Crippen LogP contribution is 2.33. The van der Waals surface area contributed by atoms with Gasteiger partial charge in [0.25, 0.3) is 0 Å². The van der Waals surface area contributed by atoms with E-state index in [1.807, 2.05) is 0 Å². The van der Waals surface area contributed by atoms with E-state index in [9.17, 15) is 10.1 Å². The van der Waals surface area contributed by atoms with Crippen LogP contribution in [0.1, 0.15) is 12.5 Å². The Morgan fingerprint density at radius 1 is 1.33 bits per heavy atom. The van der Waals surface area contributed by atoms with Crippen LogP contribution in [0.15, 0.2) is 30.6 Å². The number of hydrogen-bond donors (Lipinski definition) is 2. The zero-order valence-electron chi connectivity index (χ0n) is 11.3. The molecule has 0 aliphatic carbocycles. The maximum Gasteiger partial charge on any atom is 0.373 e. The Labute approximate surface area is 120 Å². The van der Waals surface area contributed by atoms with Crippen LogP contribution < -0.4 is 10.1 Å². The topological polar surface area (TPSA) is 110 Å². The first-order valence-electron chi connectivity index (χ1n) is 6.26. The van der Waals surface area contributed by atoms with Crippen molar-refractivity contribution >= 4 is 11.5 Å². The summed E-state index contributed by atoms with van der Waals surface area (Å²) in [7, 11) is 0. The smallest absolute Gasteiger partial charge is 0.373 e. The lowest BCUT2D eigenvalue weighted by molar-refractivity contribution is -0.385. The minimum Gasteiger partial charge on any atom is -0.434 e. The van der Waals surface area contributed by atoms with Gasteiger partial charge in [-0.1, -0.05) is 12.1 Å². The van der Waals surface area contributed by atoms with Crippen molar-refractivity contribution in [3.8, 4) is 11.6 Å². The largest absolute Gasteiger partial charge is 0.434 e. The molecule has 1 heterocycles. The van der Waals surface area contributed by atoms with Gasteiger partial charge >= 0.3 is 11.6 Å². The van der Waals surface area contributed by atoms with Crippen molar-refractivity contribution in [1.82, 2.24) is 9.97 Å². The molecule has 0 bridgehead atoms. The van der Waals surface area contributed by atoms with E-state index in [-0.39, 0.29) is 24.0 Å². The molecule has 2 aromatic rings. The maximum absolute atomic E-state index is 11.2. The highest BCUT2D eigenvalue weighted by molar-refractivity contribution is 5.61. The van der Waals surface area contributed by atoms with E-state index in [4.69, 9.17) is 9.84 Å². The summed E-state index contributed by atoms with van der Waals surface area (Å²) < 4.78 is 5.44. The van der Waals surface area contributed by atoms with Gasteiger partial charge in [0.2, 0.25) is 5.82 Å². The zero-order valence-corrected chi connectivity index (χ0v) is 11.3. The molecule has 0 atom stereocenters. The predicted molar refractivity (Wildman–Crippen MR) is 75.3 cm³/mol. The van der Waals surface area contributed by atoms with Crippen LogP contribution in [0.3, 0.4) is 0 Å². The van der Waals surface area contributed by atoms with Crippen molar-refractivity contribution < 1.29 is 14.8 Å². The van der Waals surface area contributed by atoms with Gasteiger partial charge in [-0.2, -0.15) is 4.98 Å². The third-order valence-electron chi connectivity index (χ3n) is 2.64. The number of nitrogens with zero attached hydrogens (tertiary/aromatic N) is 3. The fourth-order valence-electron chi connectivity index (χ4n) is 1.67. The Hall–Kier alpha value is -2.74. The van der Waals surface area contributed by atoms with E-state index in [1.165, 1.54) is 6.33 Å². The summed E-state index contributed by atoms with van der Waals surface area (Å²) >= 11 is 0. The SMILES string of the molecule is CCNc1ncnc(Oc2ccc(CO)cc2)c1[N+](=O)[O-]. The average Bonchev–Trinajstić information content (AvgIpc) is 2.48. The lowest BCUT2D eigenvalue weighted by Gasteiger charge is -2.08. The van der Waals surface area contributed by atoms with Crippen LogP contribution in [0.25, 0.3) is 0 Å². The molecule has 2 rings (SSSR count). The standard InChI is InChI=1S/C13H14N4O4/c1-2-14-12-11(17(19)20)13(16-8-15-12)21-10-5-3-9(7-18)4-6-10/h3-6,8,18H,2,7H2,1H3,(H,14,15,16). The number of anilines is 1. The van der Waals surface area contributed by atoms with E-state index in [0.29, 0.717) is 17.9 Å². The molecule has 8 nitrogen and oxygen atoms in total. The summed E-state index contributed by atoms with van der Waals surface area (Å²) in [6.45, 7) is 2.21. The molecule has 1 aromatic carbocycles. The molecule has 8 heteroatoms. The highest BCUT2D eigenvalue weighted by atomic mass is 16.6. The van der Waals surface area contributed by atoms with Gasteiger partial charge in [0.05, 0.1) is 11.5 Å². The molecule has 0 aliphatic heterocycles. The molecule has 0 aliphatic rings. The average molecular weight is 290 g/mol. The predicted octanol–water partition coefficient (Wildman–Crippen LogP) is 2.10. The molecule has 0 amide bonds. The Balaban J connectivity index is 2.33. The summed E-state index contributed by atoms with van der Waals surface area (Å²) in [4.78, 5) is 18.3. The summed E-state index contributed by atoms with van der Waals surface area (Å²) in [5.41, 5.74) is 0.401. The maximum atomic E-state index is 11.2. The second-order valence-electron chi connectivity index (χ2n) is 4.07. The number of aliphatic hydroxyl groups is 1. The van der Waals surface area contributed by atoms with Crippen molar-refractivity contribution in [2.45, 2.75) is 13.5 Å². The van der Waals surface area contributed by atoms with Gasteiger partial charge in [-0.05, 0) is 24.6 Å². The lowest BCUT2D eigenvalue weighted by Crippen LogP contribution is -2.06. The third-order valence-corrected chi connectivity index (χ3v) is 2.64. The number of nitro groups is 1. The van der Waals surface area contributed by atoms with Crippen molar-refractivity contribution in [2.24, 2.45) is 0 Å². The minimum absolute atomic E-state index is 0.0848. The first kappa shape index (κ1) is 14.7. The van der Waals surface area contributed by atoms with E-state index >= 15 is 0 Å². The molecule has 0 radical (unpaired) electrons. The number of ether oxygens (including phenoxy) is 1. The van der Waals surface area contributed by atoms with Crippen molar-refractivity contribution in [1.29, 1.82) is 0 Å². The van der Waals surface area contributed by atoms with E-state index in [2.05, 4.69) is 15.3 Å². The summed E-state index contributed by atoms with van der Waals surface area (Å²) in [6, 6.07) is 6.52. The third kappa shape index (κ3) is 3.42. The molecule has 1 aromatic heterocycles. The Morgan fingerprint density at radius 3 is 2.62 bits per heavy atom. The van der Waals surface area contributed by atoms with Gasteiger partial charge in [-0.15, -0.1) is 0 Å². The van der Waals surface area contributed by atoms with Gasteiger partial charge in [-0.3, -0.25) is 10.1 Å². The molecule has 2 N–H and O–H groups in total. The Bertz CT molecular complexity index is 631. The fourth-order valence-corrected chi connectivity index (χ4v) is 1.67. The van der Waals surface area contributed by atoms with Crippen molar-refractivity contribution in [2.75, 3.05) is 11.9 Å². The van der Waals surface area contributed by atoms with Gasteiger partial charge in [0.1, 0.15) is 12.1 Å². The van der Waals surface area contributed by atoms with Gasteiger partial charge in [-0.25, -0.2) is 4.98 Å². The summed E-state index contributed by atoms with van der Waals surface area (Å²) in [5, 5.41) is 22.9. The molecule has 0 saturated heterocycles. The molecule has 0 spiro atoms. The quantitative estimate of drug-likeness (QED) is 0.619. The lowest BCUT2D eigenvalue weighted by atomic mass is 10.2. The number of aliphatic hydroxyl groups excluding tert-OH is 1. The molecule has 21 heavy (non-hydrogen) atoms. The monoisotopic (exact) mass is 290 g/mol. The van der Waals surface area contributed by atoms with Crippen LogP contribution in [0.2, 0.25) is 0 Å². The summed E-state index contributed by atoms with van der Waals surface area (Å²) in [6.07, 6.45) is 1.20. The summed E-state index contributed by atoms with van der Waals surface area (Å²) in [5.74, 6) is 0.360. The zero-order chi connectivity index (χ0) is 15.2. The second kappa shape index (κ2) is 6.62. The van der Waals surface area contributed by atoms with E-state index in [1.54, 1.807) is 31.2 Å². The Kier molecular flexibility index (Phi) is 4.62. The Morgan fingerprint density at radius 2 is 2.05 bits per heavy atom. The van der Waals surface area contributed by atoms with Crippen molar-refractivity contribution in [3.05, 3.63) is 46.3 Å². The van der Waals surface area contributed by atoms with Crippen LogP contribution in [0.4, 0.5) is 11.5 Å². The number of rotatable bonds is 6. The fraction of sp³-hybridized carbons (Fsp3) is 0.231. The van der Waals surface area contributed by atoms with Gasteiger partial charge in [0, 0.05) is 6.54 Å². The number of benzene rings is 1. The van der Waals surface area contributed by atoms with E-state index < -0.39 is 4.92 Å². The van der Waals surface area contributed by atoms with Crippen LogP contribution in [-0.4, -0.2) is 26.5 Å². The van der Waals surface area contributed by atoms with Crippen molar-refractivity contribution in [3.63, 3.8) is 0 Å².